The lowest BCUT2D eigenvalue weighted by molar-refractivity contribution is -0.123. The SMILES string of the molecule is COc1cccc(C2CCCN2CC(=O)NC(c2cccs2)C(C)C)c1. The van der Waals surface area contributed by atoms with Gasteiger partial charge in [-0.05, 0) is 54.4 Å². The molecule has 2 unspecified atom stereocenters. The smallest absolute Gasteiger partial charge is 0.234 e. The van der Waals surface area contributed by atoms with Crippen molar-refractivity contribution in [2.75, 3.05) is 20.2 Å². The van der Waals surface area contributed by atoms with E-state index in [4.69, 9.17) is 4.74 Å². The van der Waals surface area contributed by atoms with Crippen LogP contribution in [-0.4, -0.2) is 31.0 Å². The summed E-state index contributed by atoms with van der Waals surface area (Å²) in [5.74, 6) is 1.34. The van der Waals surface area contributed by atoms with Gasteiger partial charge in [-0.3, -0.25) is 9.69 Å². The summed E-state index contributed by atoms with van der Waals surface area (Å²) >= 11 is 1.70. The van der Waals surface area contributed by atoms with Gasteiger partial charge in [0, 0.05) is 10.9 Å². The van der Waals surface area contributed by atoms with E-state index in [0.29, 0.717) is 12.5 Å². The highest BCUT2D eigenvalue weighted by Crippen LogP contribution is 2.33. The molecule has 0 spiro atoms. The largest absolute Gasteiger partial charge is 0.497 e. The van der Waals surface area contributed by atoms with Crippen LogP contribution in [0.2, 0.25) is 0 Å². The maximum Gasteiger partial charge on any atom is 0.234 e. The summed E-state index contributed by atoms with van der Waals surface area (Å²) in [5, 5.41) is 5.31. The molecular weight excluding hydrogens is 344 g/mol. The molecule has 0 saturated carbocycles. The van der Waals surface area contributed by atoms with Crippen LogP contribution in [0.25, 0.3) is 0 Å². The Balaban J connectivity index is 1.66. The first kappa shape index (κ1) is 18.9. The average molecular weight is 373 g/mol. The molecule has 2 atom stereocenters. The zero-order chi connectivity index (χ0) is 18.5. The van der Waals surface area contributed by atoms with E-state index in [-0.39, 0.29) is 18.0 Å². The van der Waals surface area contributed by atoms with Crippen LogP contribution in [0, 0.1) is 5.92 Å². The highest BCUT2D eigenvalue weighted by molar-refractivity contribution is 7.10. The summed E-state index contributed by atoms with van der Waals surface area (Å²) in [6, 6.07) is 12.7. The monoisotopic (exact) mass is 372 g/mol. The molecule has 0 radical (unpaired) electrons. The van der Waals surface area contributed by atoms with Crippen molar-refractivity contribution in [2.24, 2.45) is 5.92 Å². The summed E-state index contributed by atoms with van der Waals surface area (Å²) in [6.45, 7) is 5.70. The van der Waals surface area contributed by atoms with Crippen molar-refractivity contribution >= 4 is 17.2 Å². The van der Waals surface area contributed by atoms with Crippen molar-refractivity contribution in [2.45, 2.75) is 38.8 Å². The van der Waals surface area contributed by atoms with Crippen molar-refractivity contribution in [3.05, 3.63) is 52.2 Å². The molecule has 26 heavy (non-hydrogen) atoms. The molecule has 0 aliphatic carbocycles. The molecule has 1 N–H and O–H groups in total. The minimum Gasteiger partial charge on any atom is -0.497 e. The third-order valence-corrected chi connectivity index (χ3v) is 5.98. The topological polar surface area (TPSA) is 41.6 Å². The van der Waals surface area contributed by atoms with E-state index in [1.54, 1.807) is 18.4 Å². The average Bonchev–Trinajstić information content (AvgIpc) is 3.31. The molecule has 1 fully saturated rings. The van der Waals surface area contributed by atoms with E-state index in [1.807, 2.05) is 18.2 Å². The number of hydrogen-bond acceptors (Lipinski definition) is 4. The normalized spacial score (nSPS) is 18.8. The molecule has 2 aromatic rings. The fourth-order valence-corrected chi connectivity index (χ4v) is 4.63. The second-order valence-corrected chi connectivity index (χ2v) is 8.19. The quantitative estimate of drug-likeness (QED) is 0.783. The molecule has 2 heterocycles. The first-order chi connectivity index (χ1) is 12.6. The van der Waals surface area contributed by atoms with Crippen LogP contribution < -0.4 is 10.1 Å². The minimum atomic E-state index is 0.0837. The number of benzene rings is 1. The molecule has 1 amide bonds. The molecule has 0 bridgehead atoms. The number of rotatable bonds is 7. The van der Waals surface area contributed by atoms with E-state index in [9.17, 15) is 4.79 Å². The number of thiophene rings is 1. The molecule has 1 aromatic heterocycles. The van der Waals surface area contributed by atoms with E-state index < -0.39 is 0 Å². The number of carbonyl (C=O) groups is 1. The molecule has 4 nitrogen and oxygen atoms in total. The lowest BCUT2D eigenvalue weighted by atomic mass is 10.0. The number of hydrogen-bond donors (Lipinski definition) is 1. The minimum absolute atomic E-state index is 0.0837. The maximum absolute atomic E-state index is 12.7. The van der Waals surface area contributed by atoms with Gasteiger partial charge in [0.15, 0.2) is 0 Å². The number of nitrogens with one attached hydrogen (secondary N) is 1. The standard InChI is InChI=1S/C21H28N2O2S/c1-15(2)21(19-10-6-12-26-19)22-20(24)14-23-11-5-9-18(23)16-7-4-8-17(13-16)25-3/h4,6-8,10,12-13,15,18,21H,5,9,11,14H2,1-3H3,(H,22,24). The number of nitrogens with zero attached hydrogens (tertiary/aromatic N) is 1. The summed E-state index contributed by atoms with van der Waals surface area (Å²) in [4.78, 5) is 16.2. The van der Waals surface area contributed by atoms with E-state index >= 15 is 0 Å². The summed E-state index contributed by atoms with van der Waals surface area (Å²) in [7, 11) is 1.69. The van der Waals surface area contributed by atoms with Gasteiger partial charge in [0.25, 0.3) is 0 Å². The van der Waals surface area contributed by atoms with Gasteiger partial charge in [-0.25, -0.2) is 0 Å². The van der Waals surface area contributed by atoms with Crippen LogP contribution in [0.3, 0.4) is 0 Å². The number of carbonyl (C=O) groups excluding carboxylic acids is 1. The van der Waals surface area contributed by atoms with Crippen molar-refractivity contribution < 1.29 is 9.53 Å². The lowest BCUT2D eigenvalue weighted by Gasteiger charge is -2.27. The number of likely N-dealkylation sites (tertiary alicyclic amines) is 1. The summed E-state index contributed by atoms with van der Waals surface area (Å²) in [5.41, 5.74) is 1.23. The van der Waals surface area contributed by atoms with Crippen molar-refractivity contribution in [3.8, 4) is 5.75 Å². The van der Waals surface area contributed by atoms with Gasteiger partial charge in [0.05, 0.1) is 19.7 Å². The van der Waals surface area contributed by atoms with Crippen LogP contribution in [-0.2, 0) is 4.79 Å². The highest BCUT2D eigenvalue weighted by Gasteiger charge is 2.29. The van der Waals surface area contributed by atoms with Gasteiger partial charge >= 0.3 is 0 Å². The van der Waals surface area contributed by atoms with Gasteiger partial charge in [-0.2, -0.15) is 0 Å². The number of ether oxygens (including phenoxy) is 1. The van der Waals surface area contributed by atoms with Crippen molar-refractivity contribution in [1.29, 1.82) is 0 Å². The van der Waals surface area contributed by atoms with Crippen LogP contribution in [0.5, 0.6) is 5.75 Å². The molecule has 1 aromatic carbocycles. The molecule has 1 aliphatic rings. The fourth-order valence-electron chi connectivity index (χ4n) is 3.68. The maximum atomic E-state index is 12.7. The van der Waals surface area contributed by atoms with Gasteiger partial charge in [-0.1, -0.05) is 32.0 Å². The molecule has 3 rings (SSSR count). The third-order valence-electron chi connectivity index (χ3n) is 5.02. The first-order valence-electron chi connectivity index (χ1n) is 9.29. The van der Waals surface area contributed by atoms with Crippen LogP contribution in [0.15, 0.2) is 41.8 Å². The van der Waals surface area contributed by atoms with Crippen molar-refractivity contribution in [1.82, 2.24) is 10.2 Å². The highest BCUT2D eigenvalue weighted by atomic mass is 32.1. The third kappa shape index (κ3) is 4.46. The molecule has 5 heteroatoms. The Labute approximate surface area is 160 Å². The number of methoxy groups -OCH3 is 1. The molecule has 1 aliphatic heterocycles. The Kier molecular flexibility index (Phi) is 6.33. The summed E-state index contributed by atoms with van der Waals surface area (Å²) < 4.78 is 5.35. The Bertz CT molecular complexity index is 715. The van der Waals surface area contributed by atoms with E-state index in [1.165, 1.54) is 10.4 Å². The van der Waals surface area contributed by atoms with E-state index in [0.717, 1.165) is 25.1 Å². The van der Waals surface area contributed by atoms with Crippen LogP contribution >= 0.6 is 11.3 Å². The molecule has 1 saturated heterocycles. The van der Waals surface area contributed by atoms with Gasteiger partial charge < -0.3 is 10.1 Å². The zero-order valence-corrected chi connectivity index (χ0v) is 16.6. The Morgan fingerprint density at radius 1 is 1.35 bits per heavy atom. The van der Waals surface area contributed by atoms with Gasteiger partial charge in [-0.15, -0.1) is 11.3 Å². The van der Waals surface area contributed by atoms with Gasteiger partial charge in [0.2, 0.25) is 5.91 Å². The Morgan fingerprint density at radius 2 is 2.19 bits per heavy atom. The molecule has 140 valence electrons. The first-order valence-corrected chi connectivity index (χ1v) is 10.2. The predicted molar refractivity (Wildman–Crippen MR) is 107 cm³/mol. The van der Waals surface area contributed by atoms with Crippen LogP contribution in [0.1, 0.15) is 49.2 Å². The Hall–Kier alpha value is -1.85. The van der Waals surface area contributed by atoms with Crippen LogP contribution in [0.4, 0.5) is 0 Å². The van der Waals surface area contributed by atoms with Crippen molar-refractivity contribution in [3.63, 3.8) is 0 Å². The second kappa shape index (κ2) is 8.69. The second-order valence-electron chi connectivity index (χ2n) is 7.21. The fraction of sp³-hybridized carbons (Fsp3) is 0.476. The molecular formula is C21H28N2O2S. The Morgan fingerprint density at radius 3 is 2.88 bits per heavy atom. The predicted octanol–water partition coefficient (Wildman–Crippen LogP) is 4.41. The lowest BCUT2D eigenvalue weighted by Crippen LogP contribution is -2.39. The van der Waals surface area contributed by atoms with Gasteiger partial charge in [0.1, 0.15) is 5.75 Å². The summed E-state index contributed by atoms with van der Waals surface area (Å²) in [6.07, 6.45) is 2.20. The number of amides is 1. The van der Waals surface area contributed by atoms with E-state index in [2.05, 4.69) is 47.6 Å². The zero-order valence-electron chi connectivity index (χ0n) is 15.8.